The van der Waals surface area contributed by atoms with Crippen molar-refractivity contribution in [2.75, 3.05) is 27.8 Å². The summed E-state index contributed by atoms with van der Waals surface area (Å²) in [5, 5.41) is 3.12. The van der Waals surface area contributed by atoms with Gasteiger partial charge in [0.05, 0.1) is 0 Å². The van der Waals surface area contributed by atoms with E-state index in [1.54, 1.807) is 14.2 Å². The van der Waals surface area contributed by atoms with Crippen LogP contribution < -0.4 is 5.32 Å². The predicted octanol–water partition coefficient (Wildman–Crippen LogP) is 1.24. The summed E-state index contributed by atoms with van der Waals surface area (Å²) in [6, 6.07) is 0. The molecule has 0 aliphatic carbocycles. The minimum absolute atomic E-state index is 0.0538. The fourth-order valence-electron chi connectivity index (χ4n) is 1.30. The quantitative estimate of drug-likeness (QED) is 0.466. The molecule has 0 aliphatic rings. The van der Waals surface area contributed by atoms with Gasteiger partial charge in [0, 0.05) is 20.1 Å². The first-order valence-corrected chi connectivity index (χ1v) is 4.46. The highest BCUT2D eigenvalue weighted by atomic mass is 16.7. The molecular weight excluding hydrogens is 154 g/mol. The first-order chi connectivity index (χ1) is 5.76. The molecule has 3 heteroatoms. The van der Waals surface area contributed by atoms with Crippen molar-refractivity contribution in [3.8, 4) is 0 Å². The van der Waals surface area contributed by atoms with Crippen LogP contribution >= 0.6 is 0 Å². The molecule has 0 radical (unpaired) electrons. The summed E-state index contributed by atoms with van der Waals surface area (Å²) in [6.45, 7) is 3.21. The lowest BCUT2D eigenvalue weighted by atomic mass is 10.1. The van der Waals surface area contributed by atoms with E-state index in [1.807, 2.05) is 7.05 Å². The summed E-state index contributed by atoms with van der Waals surface area (Å²) in [6.07, 6.45) is 2.25. The Kier molecular flexibility index (Phi) is 7.45. The van der Waals surface area contributed by atoms with Crippen LogP contribution in [0.25, 0.3) is 0 Å². The summed E-state index contributed by atoms with van der Waals surface area (Å²) < 4.78 is 10.3. The molecular formula is C9H21NO2. The molecule has 12 heavy (non-hydrogen) atoms. The van der Waals surface area contributed by atoms with Crippen molar-refractivity contribution >= 4 is 0 Å². The second-order valence-corrected chi connectivity index (χ2v) is 3.06. The molecule has 0 bridgehead atoms. The number of methoxy groups -OCH3 is 2. The van der Waals surface area contributed by atoms with Gasteiger partial charge in [-0.05, 0) is 26.4 Å². The molecule has 1 unspecified atom stereocenters. The molecule has 0 saturated heterocycles. The zero-order valence-electron chi connectivity index (χ0n) is 8.59. The average molecular weight is 175 g/mol. The second kappa shape index (κ2) is 7.53. The fraction of sp³-hybridized carbons (Fsp3) is 1.00. The van der Waals surface area contributed by atoms with Crippen LogP contribution in [-0.2, 0) is 9.47 Å². The van der Waals surface area contributed by atoms with E-state index in [0.29, 0.717) is 5.92 Å². The van der Waals surface area contributed by atoms with Gasteiger partial charge in [0.15, 0.2) is 6.29 Å². The molecule has 1 N–H and O–H groups in total. The largest absolute Gasteiger partial charge is 0.356 e. The smallest absolute Gasteiger partial charge is 0.159 e. The van der Waals surface area contributed by atoms with Crippen LogP contribution in [0.5, 0.6) is 0 Å². The Hall–Kier alpha value is -0.120. The fourth-order valence-corrected chi connectivity index (χ4v) is 1.30. The van der Waals surface area contributed by atoms with Gasteiger partial charge in [-0.15, -0.1) is 0 Å². The van der Waals surface area contributed by atoms with Crippen molar-refractivity contribution in [2.45, 2.75) is 26.1 Å². The maximum atomic E-state index is 5.15. The standard InChI is InChI=1S/C9H21NO2/c1-8(6-5-7-10-2)9(11-3)12-4/h8-10H,5-7H2,1-4H3. The average Bonchev–Trinajstić information content (AvgIpc) is 2.07. The van der Waals surface area contributed by atoms with Gasteiger partial charge in [-0.25, -0.2) is 0 Å². The molecule has 3 nitrogen and oxygen atoms in total. The van der Waals surface area contributed by atoms with Gasteiger partial charge < -0.3 is 14.8 Å². The maximum Gasteiger partial charge on any atom is 0.159 e. The molecule has 0 heterocycles. The highest BCUT2D eigenvalue weighted by Gasteiger charge is 2.14. The molecule has 0 saturated carbocycles. The summed E-state index contributed by atoms with van der Waals surface area (Å²) in [4.78, 5) is 0. The van der Waals surface area contributed by atoms with Crippen LogP contribution in [0.15, 0.2) is 0 Å². The summed E-state index contributed by atoms with van der Waals surface area (Å²) >= 11 is 0. The molecule has 74 valence electrons. The number of rotatable bonds is 7. The van der Waals surface area contributed by atoms with Gasteiger partial charge in [-0.2, -0.15) is 0 Å². The Morgan fingerprint density at radius 3 is 2.25 bits per heavy atom. The Labute approximate surface area is 75.4 Å². The molecule has 0 aromatic heterocycles. The minimum Gasteiger partial charge on any atom is -0.356 e. The van der Waals surface area contributed by atoms with E-state index in [4.69, 9.17) is 9.47 Å². The van der Waals surface area contributed by atoms with Crippen molar-refractivity contribution in [3.05, 3.63) is 0 Å². The lowest BCUT2D eigenvalue weighted by molar-refractivity contribution is -0.134. The van der Waals surface area contributed by atoms with E-state index < -0.39 is 0 Å². The number of hydrogen-bond acceptors (Lipinski definition) is 3. The van der Waals surface area contributed by atoms with Crippen LogP contribution in [0.2, 0.25) is 0 Å². The van der Waals surface area contributed by atoms with E-state index >= 15 is 0 Å². The Balaban J connectivity index is 3.47. The van der Waals surface area contributed by atoms with Crippen molar-refractivity contribution in [1.29, 1.82) is 0 Å². The van der Waals surface area contributed by atoms with E-state index in [1.165, 1.54) is 6.42 Å². The molecule has 0 aromatic carbocycles. The third kappa shape index (κ3) is 4.70. The van der Waals surface area contributed by atoms with Crippen LogP contribution in [0, 0.1) is 5.92 Å². The van der Waals surface area contributed by atoms with Crippen molar-refractivity contribution in [1.82, 2.24) is 5.32 Å². The molecule has 0 rings (SSSR count). The van der Waals surface area contributed by atoms with E-state index in [9.17, 15) is 0 Å². The van der Waals surface area contributed by atoms with E-state index in [2.05, 4.69) is 12.2 Å². The SMILES string of the molecule is CNCCCC(C)C(OC)OC. The lowest BCUT2D eigenvalue weighted by Gasteiger charge is -2.20. The topological polar surface area (TPSA) is 30.5 Å². The van der Waals surface area contributed by atoms with Crippen LogP contribution in [-0.4, -0.2) is 34.1 Å². The van der Waals surface area contributed by atoms with Gasteiger partial charge >= 0.3 is 0 Å². The number of hydrogen-bond donors (Lipinski definition) is 1. The van der Waals surface area contributed by atoms with Gasteiger partial charge in [-0.1, -0.05) is 6.92 Å². The minimum atomic E-state index is -0.0538. The van der Waals surface area contributed by atoms with Crippen molar-refractivity contribution in [3.63, 3.8) is 0 Å². The summed E-state index contributed by atoms with van der Waals surface area (Å²) in [7, 11) is 5.33. The molecule has 1 atom stereocenters. The molecule has 0 fully saturated rings. The Morgan fingerprint density at radius 2 is 1.83 bits per heavy atom. The van der Waals surface area contributed by atoms with Crippen molar-refractivity contribution < 1.29 is 9.47 Å². The molecule has 0 spiro atoms. The Morgan fingerprint density at radius 1 is 1.25 bits per heavy atom. The normalized spacial score (nSPS) is 13.8. The number of nitrogens with one attached hydrogen (secondary N) is 1. The van der Waals surface area contributed by atoms with E-state index in [-0.39, 0.29) is 6.29 Å². The molecule has 0 aromatic rings. The highest BCUT2D eigenvalue weighted by molar-refractivity contribution is 4.57. The van der Waals surface area contributed by atoms with E-state index in [0.717, 1.165) is 13.0 Å². The third-order valence-corrected chi connectivity index (χ3v) is 2.02. The van der Waals surface area contributed by atoms with Gasteiger partial charge in [-0.3, -0.25) is 0 Å². The highest BCUT2D eigenvalue weighted by Crippen LogP contribution is 2.13. The van der Waals surface area contributed by atoms with Gasteiger partial charge in [0.25, 0.3) is 0 Å². The maximum absolute atomic E-state index is 5.15. The van der Waals surface area contributed by atoms with Crippen LogP contribution in [0.4, 0.5) is 0 Å². The lowest BCUT2D eigenvalue weighted by Crippen LogP contribution is -2.23. The molecule has 0 aliphatic heterocycles. The first-order valence-electron chi connectivity index (χ1n) is 4.46. The summed E-state index contributed by atoms with van der Waals surface area (Å²) in [5.41, 5.74) is 0. The zero-order valence-corrected chi connectivity index (χ0v) is 8.59. The van der Waals surface area contributed by atoms with Crippen molar-refractivity contribution in [2.24, 2.45) is 5.92 Å². The van der Waals surface area contributed by atoms with Gasteiger partial charge in [0.2, 0.25) is 0 Å². The number of ether oxygens (including phenoxy) is 2. The zero-order chi connectivity index (χ0) is 9.40. The summed E-state index contributed by atoms with van der Waals surface area (Å²) in [5.74, 6) is 0.466. The predicted molar refractivity (Wildman–Crippen MR) is 50.1 cm³/mol. The Bertz CT molecular complexity index is 94.5. The second-order valence-electron chi connectivity index (χ2n) is 3.06. The van der Waals surface area contributed by atoms with Gasteiger partial charge in [0.1, 0.15) is 0 Å². The molecule has 0 amide bonds. The van der Waals surface area contributed by atoms with Crippen LogP contribution in [0.1, 0.15) is 19.8 Å². The first kappa shape index (κ1) is 11.9. The third-order valence-electron chi connectivity index (χ3n) is 2.02. The van der Waals surface area contributed by atoms with Crippen LogP contribution in [0.3, 0.4) is 0 Å². The monoisotopic (exact) mass is 175 g/mol.